The molecule has 2 aliphatic rings. The summed E-state index contributed by atoms with van der Waals surface area (Å²) in [6, 6.07) is -0.186. The lowest BCUT2D eigenvalue weighted by atomic mass is 9.88. The summed E-state index contributed by atoms with van der Waals surface area (Å²) in [6.07, 6.45) is 3.03. The zero-order valence-corrected chi connectivity index (χ0v) is 17.7. The minimum atomic E-state index is -1.72. The third kappa shape index (κ3) is 6.31. The summed E-state index contributed by atoms with van der Waals surface area (Å²) >= 11 is 27.5. The normalized spacial score (nSPS) is 36.2. The Bertz CT molecular complexity index is 432. The molecular formula is C15H22BrCl4FN2O. The van der Waals surface area contributed by atoms with Crippen molar-refractivity contribution >= 4 is 68.2 Å². The lowest BCUT2D eigenvalue weighted by molar-refractivity contribution is -0.126. The van der Waals surface area contributed by atoms with E-state index >= 15 is 0 Å². The van der Waals surface area contributed by atoms with E-state index in [-0.39, 0.29) is 24.3 Å². The number of halogens is 6. The molecule has 0 radical (unpaired) electrons. The van der Waals surface area contributed by atoms with Crippen LogP contribution in [-0.2, 0) is 4.79 Å². The van der Waals surface area contributed by atoms with Gasteiger partial charge in [-0.2, -0.15) is 0 Å². The molecule has 140 valence electrons. The van der Waals surface area contributed by atoms with E-state index in [0.29, 0.717) is 17.7 Å². The van der Waals surface area contributed by atoms with Gasteiger partial charge in [0.1, 0.15) is 12.3 Å². The van der Waals surface area contributed by atoms with Gasteiger partial charge in [0.2, 0.25) is 9.70 Å². The van der Waals surface area contributed by atoms with Gasteiger partial charge in [-0.3, -0.25) is 10.1 Å². The number of hydrogen-bond donors (Lipinski definition) is 2. The van der Waals surface area contributed by atoms with Crippen LogP contribution < -0.4 is 10.6 Å². The number of carbonyl (C=O) groups is 1. The van der Waals surface area contributed by atoms with Gasteiger partial charge in [-0.05, 0) is 44.9 Å². The zero-order valence-electron chi connectivity index (χ0n) is 13.1. The van der Waals surface area contributed by atoms with E-state index in [2.05, 4.69) is 26.6 Å². The highest BCUT2D eigenvalue weighted by Gasteiger charge is 2.39. The van der Waals surface area contributed by atoms with Gasteiger partial charge in [0.15, 0.2) is 0 Å². The van der Waals surface area contributed by atoms with Crippen molar-refractivity contribution in [3.8, 4) is 0 Å². The summed E-state index contributed by atoms with van der Waals surface area (Å²) in [6.45, 7) is 0. The SMILES string of the molecule is O=C(NC(NC1CCC(Cl)C(F)C1)C(Cl)(Cl)Cl)C1CCC(Br)CC1. The number of rotatable bonds is 4. The molecule has 0 aliphatic heterocycles. The Morgan fingerprint density at radius 3 is 2.29 bits per heavy atom. The Kier molecular flexibility index (Phi) is 8.23. The highest BCUT2D eigenvalue weighted by atomic mass is 79.9. The van der Waals surface area contributed by atoms with E-state index in [1.807, 2.05) is 0 Å². The van der Waals surface area contributed by atoms with Gasteiger partial charge >= 0.3 is 0 Å². The standard InChI is InChI=1S/C15H22BrCl4FN2O/c16-9-3-1-8(2-4-9)13(24)23-14(15(18,19)20)22-10-5-6-11(17)12(21)7-10/h8-12,14,22H,1-7H2,(H,23,24). The van der Waals surface area contributed by atoms with Gasteiger partial charge in [0.25, 0.3) is 0 Å². The van der Waals surface area contributed by atoms with Crippen molar-refractivity contribution in [2.45, 2.75) is 77.3 Å². The highest BCUT2D eigenvalue weighted by Crippen LogP contribution is 2.33. The molecule has 4 unspecified atom stereocenters. The van der Waals surface area contributed by atoms with E-state index in [9.17, 15) is 9.18 Å². The van der Waals surface area contributed by atoms with E-state index < -0.39 is 21.5 Å². The van der Waals surface area contributed by atoms with Crippen LogP contribution in [0.3, 0.4) is 0 Å². The molecule has 2 N–H and O–H groups in total. The first-order valence-electron chi connectivity index (χ1n) is 8.22. The molecule has 2 rings (SSSR count). The summed E-state index contributed by atoms with van der Waals surface area (Å²) in [5.41, 5.74) is 0. The molecule has 24 heavy (non-hydrogen) atoms. The number of carbonyl (C=O) groups excluding carboxylic acids is 1. The van der Waals surface area contributed by atoms with Gasteiger partial charge in [-0.15, -0.1) is 11.6 Å². The average Bonchev–Trinajstić information content (AvgIpc) is 2.50. The Balaban J connectivity index is 1.92. The zero-order chi connectivity index (χ0) is 17.9. The maximum atomic E-state index is 13.8. The molecular weight excluding hydrogens is 465 g/mol. The molecule has 2 fully saturated rings. The first-order valence-corrected chi connectivity index (χ1v) is 10.7. The Labute approximate surface area is 170 Å². The molecule has 9 heteroatoms. The fourth-order valence-corrected chi connectivity index (χ4v) is 4.37. The maximum absolute atomic E-state index is 13.8. The predicted molar refractivity (Wildman–Crippen MR) is 102 cm³/mol. The van der Waals surface area contributed by atoms with Crippen LogP contribution in [0.5, 0.6) is 0 Å². The molecule has 2 aliphatic carbocycles. The maximum Gasteiger partial charge on any atom is 0.224 e. The fraction of sp³-hybridized carbons (Fsp3) is 0.933. The summed E-state index contributed by atoms with van der Waals surface area (Å²) in [4.78, 5) is 13.0. The van der Waals surface area contributed by atoms with Crippen molar-refractivity contribution in [2.24, 2.45) is 5.92 Å². The molecule has 2 saturated carbocycles. The number of nitrogens with one attached hydrogen (secondary N) is 2. The van der Waals surface area contributed by atoms with Crippen LogP contribution in [0.4, 0.5) is 4.39 Å². The van der Waals surface area contributed by atoms with Crippen LogP contribution in [0.2, 0.25) is 0 Å². The molecule has 0 aromatic rings. The lowest BCUT2D eigenvalue weighted by Gasteiger charge is -2.36. The minimum absolute atomic E-state index is 0.0806. The highest BCUT2D eigenvalue weighted by molar-refractivity contribution is 9.09. The molecule has 0 spiro atoms. The molecule has 0 saturated heterocycles. The van der Waals surface area contributed by atoms with Crippen LogP contribution >= 0.6 is 62.3 Å². The predicted octanol–water partition coefficient (Wildman–Crippen LogP) is 4.84. The van der Waals surface area contributed by atoms with Crippen LogP contribution in [0.15, 0.2) is 0 Å². The van der Waals surface area contributed by atoms with E-state index in [1.165, 1.54) is 0 Å². The van der Waals surface area contributed by atoms with Gasteiger partial charge in [-0.25, -0.2) is 4.39 Å². The van der Waals surface area contributed by atoms with Crippen molar-refractivity contribution in [2.75, 3.05) is 0 Å². The first-order chi connectivity index (χ1) is 11.2. The summed E-state index contributed by atoms with van der Waals surface area (Å²) in [5, 5.41) is 5.42. The number of hydrogen-bond acceptors (Lipinski definition) is 2. The second kappa shape index (κ2) is 9.27. The average molecular weight is 487 g/mol. The van der Waals surface area contributed by atoms with E-state index in [1.54, 1.807) is 0 Å². The van der Waals surface area contributed by atoms with Gasteiger partial charge < -0.3 is 5.32 Å². The van der Waals surface area contributed by atoms with Crippen LogP contribution in [0.1, 0.15) is 44.9 Å². The first kappa shape index (κ1) is 21.3. The van der Waals surface area contributed by atoms with Gasteiger partial charge in [0, 0.05) is 16.8 Å². The van der Waals surface area contributed by atoms with Crippen molar-refractivity contribution < 1.29 is 9.18 Å². The summed E-state index contributed by atoms with van der Waals surface area (Å²) in [7, 11) is 0. The van der Waals surface area contributed by atoms with Crippen LogP contribution in [-0.4, -0.2) is 38.3 Å². The fourth-order valence-electron chi connectivity index (χ4n) is 3.26. The van der Waals surface area contributed by atoms with E-state index in [4.69, 9.17) is 46.4 Å². The molecule has 0 aromatic carbocycles. The number of amides is 1. The number of alkyl halides is 6. The molecule has 3 nitrogen and oxygen atoms in total. The van der Waals surface area contributed by atoms with Gasteiger partial charge in [-0.1, -0.05) is 50.7 Å². The molecule has 4 atom stereocenters. The Morgan fingerprint density at radius 1 is 1.12 bits per heavy atom. The smallest absolute Gasteiger partial charge is 0.224 e. The molecule has 0 heterocycles. The van der Waals surface area contributed by atoms with Crippen LogP contribution in [0, 0.1) is 5.92 Å². The third-order valence-electron chi connectivity index (χ3n) is 4.74. The Hall–Kier alpha value is 1.000. The monoisotopic (exact) mass is 484 g/mol. The van der Waals surface area contributed by atoms with Crippen molar-refractivity contribution in [3.63, 3.8) is 0 Å². The molecule has 1 amide bonds. The molecule has 0 bridgehead atoms. The van der Waals surface area contributed by atoms with Crippen molar-refractivity contribution in [3.05, 3.63) is 0 Å². The summed E-state index contributed by atoms with van der Waals surface area (Å²) < 4.78 is 12.1. The van der Waals surface area contributed by atoms with Gasteiger partial charge in [0.05, 0.1) is 5.38 Å². The quantitative estimate of drug-likeness (QED) is 0.441. The van der Waals surface area contributed by atoms with E-state index in [0.717, 1.165) is 25.7 Å². The van der Waals surface area contributed by atoms with Crippen molar-refractivity contribution in [1.82, 2.24) is 10.6 Å². The lowest BCUT2D eigenvalue weighted by Crippen LogP contribution is -2.58. The minimum Gasteiger partial charge on any atom is -0.336 e. The summed E-state index contributed by atoms with van der Waals surface area (Å²) in [5.74, 6) is -0.205. The largest absolute Gasteiger partial charge is 0.336 e. The third-order valence-corrected chi connectivity index (χ3v) is 6.80. The van der Waals surface area contributed by atoms with Crippen LogP contribution in [0.25, 0.3) is 0 Å². The molecule has 0 aromatic heterocycles. The Morgan fingerprint density at radius 2 is 1.75 bits per heavy atom. The second-order valence-electron chi connectivity index (χ2n) is 6.64. The van der Waals surface area contributed by atoms with Crippen molar-refractivity contribution in [1.29, 1.82) is 0 Å². The topological polar surface area (TPSA) is 41.1 Å². The second-order valence-corrected chi connectivity index (χ2v) is 10.9.